The van der Waals surface area contributed by atoms with Crippen LogP contribution in [-0.4, -0.2) is 37.1 Å². The van der Waals surface area contributed by atoms with Crippen LogP contribution in [0.2, 0.25) is 0 Å². The van der Waals surface area contributed by atoms with Crippen molar-refractivity contribution in [1.82, 2.24) is 10.6 Å². The first-order valence-corrected chi connectivity index (χ1v) is 5.37. The number of urea groups is 1. The highest BCUT2D eigenvalue weighted by molar-refractivity contribution is 5.89. The van der Waals surface area contributed by atoms with Crippen molar-refractivity contribution >= 4 is 17.9 Å². The minimum Gasteiger partial charge on any atom is -0.465 e. The van der Waals surface area contributed by atoms with Crippen molar-refractivity contribution in [2.24, 2.45) is 11.7 Å². The number of nitrogens with two attached hydrogens (primary N) is 1. The van der Waals surface area contributed by atoms with Crippen molar-refractivity contribution in [2.75, 3.05) is 13.2 Å². The van der Waals surface area contributed by atoms with Crippen LogP contribution in [0.1, 0.15) is 20.8 Å². The quantitative estimate of drug-likeness (QED) is 0.540. The highest BCUT2D eigenvalue weighted by atomic mass is 16.5. The first kappa shape index (κ1) is 15.2. The van der Waals surface area contributed by atoms with Gasteiger partial charge in [0, 0.05) is 0 Å². The summed E-state index contributed by atoms with van der Waals surface area (Å²) in [6.07, 6.45) is 0. The lowest BCUT2D eigenvalue weighted by Gasteiger charge is -2.20. The number of primary amides is 1. The molecule has 17 heavy (non-hydrogen) atoms. The van der Waals surface area contributed by atoms with Gasteiger partial charge in [0.05, 0.1) is 6.61 Å². The highest BCUT2D eigenvalue weighted by Crippen LogP contribution is 2.01. The van der Waals surface area contributed by atoms with E-state index in [2.05, 4.69) is 15.4 Å². The van der Waals surface area contributed by atoms with Gasteiger partial charge in [0.15, 0.2) is 0 Å². The molecule has 0 saturated heterocycles. The SMILES string of the molecule is CCOC(=O)CNC(=O)[C@@H](NC(N)=O)C(C)C. The van der Waals surface area contributed by atoms with Crippen LogP contribution in [0, 0.1) is 5.92 Å². The summed E-state index contributed by atoms with van der Waals surface area (Å²) in [6, 6.07) is -1.54. The second-order valence-electron chi connectivity index (χ2n) is 3.75. The molecule has 0 aliphatic rings. The fraction of sp³-hybridized carbons (Fsp3) is 0.700. The average Bonchev–Trinajstić information content (AvgIpc) is 2.22. The fourth-order valence-electron chi connectivity index (χ4n) is 1.17. The lowest BCUT2D eigenvalue weighted by molar-refractivity contribution is -0.143. The lowest BCUT2D eigenvalue weighted by Crippen LogP contribution is -2.52. The van der Waals surface area contributed by atoms with Gasteiger partial charge in [-0.2, -0.15) is 0 Å². The second-order valence-corrected chi connectivity index (χ2v) is 3.75. The summed E-state index contributed by atoms with van der Waals surface area (Å²) in [7, 11) is 0. The lowest BCUT2D eigenvalue weighted by atomic mass is 10.0. The van der Waals surface area contributed by atoms with E-state index in [9.17, 15) is 14.4 Å². The topological polar surface area (TPSA) is 111 Å². The molecule has 0 aliphatic heterocycles. The van der Waals surface area contributed by atoms with Gasteiger partial charge in [-0.05, 0) is 12.8 Å². The van der Waals surface area contributed by atoms with Crippen molar-refractivity contribution in [1.29, 1.82) is 0 Å². The third-order valence-corrected chi connectivity index (χ3v) is 1.96. The molecule has 0 rings (SSSR count). The molecule has 0 bridgehead atoms. The molecule has 7 nitrogen and oxygen atoms in total. The van der Waals surface area contributed by atoms with Crippen molar-refractivity contribution in [2.45, 2.75) is 26.8 Å². The summed E-state index contributed by atoms with van der Waals surface area (Å²) in [6.45, 7) is 5.21. The molecule has 3 amide bonds. The summed E-state index contributed by atoms with van der Waals surface area (Å²) in [4.78, 5) is 33.4. The number of hydrogen-bond donors (Lipinski definition) is 3. The molecule has 7 heteroatoms. The van der Waals surface area contributed by atoms with E-state index >= 15 is 0 Å². The molecule has 0 radical (unpaired) electrons. The molecule has 0 unspecified atom stereocenters. The van der Waals surface area contributed by atoms with Crippen LogP contribution in [0.25, 0.3) is 0 Å². The van der Waals surface area contributed by atoms with Crippen LogP contribution < -0.4 is 16.4 Å². The maximum atomic E-state index is 11.6. The molecule has 0 aromatic heterocycles. The number of rotatable bonds is 6. The Morgan fingerprint density at radius 3 is 2.29 bits per heavy atom. The number of nitrogens with one attached hydrogen (secondary N) is 2. The van der Waals surface area contributed by atoms with E-state index in [-0.39, 0.29) is 19.1 Å². The first-order chi connectivity index (χ1) is 7.88. The van der Waals surface area contributed by atoms with Crippen LogP contribution in [-0.2, 0) is 14.3 Å². The van der Waals surface area contributed by atoms with E-state index in [4.69, 9.17) is 5.73 Å². The summed E-state index contributed by atoms with van der Waals surface area (Å²) < 4.78 is 4.65. The van der Waals surface area contributed by atoms with E-state index in [0.29, 0.717) is 0 Å². The molecular formula is C10H19N3O4. The Hall–Kier alpha value is -1.79. The maximum absolute atomic E-state index is 11.6. The van der Waals surface area contributed by atoms with E-state index in [1.165, 1.54) is 0 Å². The van der Waals surface area contributed by atoms with Gasteiger partial charge in [-0.15, -0.1) is 0 Å². The van der Waals surface area contributed by atoms with Gasteiger partial charge >= 0.3 is 12.0 Å². The number of ether oxygens (including phenoxy) is 1. The van der Waals surface area contributed by atoms with Crippen LogP contribution >= 0.6 is 0 Å². The Bertz CT molecular complexity index is 291. The van der Waals surface area contributed by atoms with E-state index in [1.54, 1.807) is 20.8 Å². The smallest absolute Gasteiger partial charge is 0.325 e. The molecule has 0 aromatic rings. The molecule has 98 valence electrons. The normalized spacial score (nSPS) is 11.8. The van der Waals surface area contributed by atoms with Crippen LogP contribution in [0.3, 0.4) is 0 Å². The zero-order valence-electron chi connectivity index (χ0n) is 10.3. The largest absolute Gasteiger partial charge is 0.465 e. The monoisotopic (exact) mass is 245 g/mol. The zero-order valence-corrected chi connectivity index (χ0v) is 10.3. The summed E-state index contributed by atoms with van der Waals surface area (Å²) in [5, 5.41) is 4.68. The summed E-state index contributed by atoms with van der Waals surface area (Å²) in [5.41, 5.74) is 4.95. The van der Waals surface area contributed by atoms with Crippen LogP contribution in [0.5, 0.6) is 0 Å². The van der Waals surface area contributed by atoms with Crippen molar-refractivity contribution < 1.29 is 19.1 Å². The van der Waals surface area contributed by atoms with Crippen LogP contribution in [0.15, 0.2) is 0 Å². The summed E-state index contributed by atoms with van der Waals surface area (Å²) >= 11 is 0. The average molecular weight is 245 g/mol. The fourth-order valence-corrected chi connectivity index (χ4v) is 1.17. The van der Waals surface area contributed by atoms with Gasteiger partial charge in [-0.3, -0.25) is 9.59 Å². The standard InChI is InChI=1S/C10H19N3O4/c1-4-17-7(14)5-12-9(15)8(6(2)3)13-10(11)16/h6,8H,4-5H2,1-3H3,(H,12,15)(H3,11,13,16)/t8-/m0/s1. The number of carbonyl (C=O) groups excluding carboxylic acids is 3. The van der Waals surface area contributed by atoms with Gasteiger partial charge in [0.25, 0.3) is 0 Å². The van der Waals surface area contributed by atoms with Gasteiger partial charge in [0.2, 0.25) is 5.91 Å². The Kier molecular flexibility index (Phi) is 6.69. The molecule has 1 atom stereocenters. The Labute approximate surface area is 100 Å². The number of amides is 3. The molecular weight excluding hydrogens is 226 g/mol. The third-order valence-electron chi connectivity index (χ3n) is 1.96. The van der Waals surface area contributed by atoms with Gasteiger partial charge in [-0.1, -0.05) is 13.8 Å². The van der Waals surface area contributed by atoms with E-state index in [0.717, 1.165) is 0 Å². The molecule has 0 aliphatic carbocycles. The number of carbonyl (C=O) groups is 3. The second kappa shape index (κ2) is 7.48. The molecule has 0 aromatic carbocycles. The number of hydrogen-bond acceptors (Lipinski definition) is 4. The van der Waals surface area contributed by atoms with Gasteiger partial charge < -0.3 is 21.1 Å². The van der Waals surface area contributed by atoms with Gasteiger partial charge in [-0.25, -0.2) is 4.79 Å². The highest BCUT2D eigenvalue weighted by Gasteiger charge is 2.23. The molecule has 0 heterocycles. The molecule has 0 spiro atoms. The maximum Gasteiger partial charge on any atom is 0.325 e. The van der Waals surface area contributed by atoms with E-state index < -0.39 is 23.9 Å². The Balaban J connectivity index is 4.24. The van der Waals surface area contributed by atoms with Crippen LogP contribution in [0.4, 0.5) is 4.79 Å². The number of esters is 1. The summed E-state index contributed by atoms with van der Waals surface area (Å²) in [5.74, 6) is -1.13. The van der Waals surface area contributed by atoms with Crippen molar-refractivity contribution in [3.63, 3.8) is 0 Å². The third kappa shape index (κ3) is 6.39. The Morgan fingerprint density at radius 2 is 1.88 bits per heavy atom. The van der Waals surface area contributed by atoms with E-state index in [1.807, 2.05) is 0 Å². The first-order valence-electron chi connectivity index (χ1n) is 5.37. The van der Waals surface area contributed by atoms with Crippen molar-refractivity contribution in [3.05, 3.63) is 0 Å². The minimum absolute atomic E-state index is 0.135. The molecule has 4 N–H and O–H groups in total. The molecule has 0 fully saturated rings. The Morgan fingerprint density at radius 1 is 1.29 bits per heavy atom. The predicted octanol–water partition coefficient (Wildman–Crippen LogP) is -0.641. The van der Waals surface area contributed by atoms with Gasteiger partial charge in [0.1, 0.15) is 12.6 Å². The molecule has 0 saturated carbocycles. The predicted molar refractivity (Wildman–Crippen MR) is 61.0 cm³/mol. The van der Waals surface area contributed by atoms with Crippen molar-refractivity contribution in [3.8, 4) is 0 Å². The zero-order chi connectivity index (χ0) is 13.4. The minimum atomic E-state index is -0.782.